The number of anilines is 1. The quantitative estimate of drug-likeness (QED) is 0.719. The Morgan fingerprint density at radius 2 is 2.05 bits per heavy atom. The minimum Gasteiger partial charge on any atom is -0.481 e. The normalized spacial score (nSPS) is 11.8. The van der Waals surface area contributed by atoms with Crippen molar-refractivity contribution in [2.75, 3.05) is 11.9 Å². The third-order valence-electron chi connectivity index (χ3n) is 3.29. The number of hydrogen-bond donors (Lipinski definition) is 3. The van der Waals surface area contributed by atoms with E-state index in [0.717, 1.165) is 12.0 Å². The first-order chi connectivity index (χ1) is 9.90. The number of carbonyl (C=O) groups is 2. The molecule has 116 valence electrons. The van der Waals surface area contributed by atoms with E-state index in [1.54, 1.807) is 18.2 Å². The Kier molecular flexibility index (Phi) is 7.02. The van der Waals surface area contributed by atoms with Crippen LogP contribution in [0.2, 0.25) is 5.02 Å². The lowest BCUT2D eigenvalue weighted by atomic mass is 10.0. The van der Waals surface area contributed by atoms with Gasteiger partial charge in [0.15, 0.2) is 0 Å². The number of halogens is 1. The van der Waals surface area contributed by atoms with Gasteiger partial charge in [0.25, 0.3) is 0 Å². The number of rotatable bonds is 7. The summed E-state index contributed by atoms with van der Waals surface area (Å²) in [6, 6.07) is 5.05. The molecule has 0 spiro atoms. The second-order valence-electron chi connectivity index (χ2n) is 5.12. The second kappa shape index (κ2) is 8.52. The van der Waals surface area contributed by atoms with Crippen LogP contribution in [0.5, 0.6) is 0 Å². The largest absolute Gasteiger partial charge is 0.481 e. The Bertz CT molecular complexity index is 506. The lowest BCUT2D eigenvalue weighted by molar-refractivity contribution is -0.137. The van der Waals surface area contributed by atoms with E-state index in [1.807, 2.05) is 13.8 Å². The van der Waals surface area contributed by atoms with Crippen LogP contribution in [0.3, 0.4) is 0 Å². The van der Waals surface area contributed by atoms with Crippen molar-refractivity contribution in [1.29, 1.82) is 0 Å². The van der Waals surface area contributed by atoms with Gasteiger partial charge in [-0.1, -0.05) is 24.6 Å². The Hall–Kier alpha value is -1.75. The van der Waals surface area contributed by atoms with Gasteiger partial charge in [-0.05, 0) is 43.4 Å². The summed E-state index contributed by atoms with van der Waals surface area (Å²) >= 11 is 5.98. The zero-order valence-electron chi connectivity index (χ0n) is 12.3. The van der Waals surface area contributed by atoms with Crippen LogP contribution >= 0.6 is 11.6 Å². The maximum atomic E-state index is 11.8. The number of carboxylic acids is 1. The van der Waals surface area contributed by atoms with Crippen LogP contribution in [-0.2, 0) is 4.79 Å². The first kappa shape index (κ1) is 17.3. The average molecular weight is 313 g/mol. The number of carbonyl (C=O) groups excluding carboxylic acids is 1. The molecule has 1 rings (SSSR count). The van der Waals surface area contributed by atoms with E-state index in [2.05, 4.69) is 10.6 Å². The Balaban J connectivity index is 2.31. The van der Waals surface area contributed by atoms with Gasteiger partial charge < -0.3 is 15.7 Å². The van der Waals surface area contributed by atoms with Crippen LogP contribution in [-0.4, -0.2) is 23.7 Å². The highest BCUT2D eigenvalue weighted by molar-refractivity contribution is 6.31. The molecule has 0 radical (unpaired) electrons. The Morgan fingerprint density at radius 1 is 1.33 bits per heavy atom. The van der Waals surface area contributed by atoms with Crippen LogP contribution in [0, 0.1) is 12.8 Å². The highest BCUT2D eigenvalue weighted by atomic mass is 35.5. The van der Waals surface area contributed by atoms with Gasteiger partial charge in [-0.3, -0.25) is 4.79 Å². The molecule has 0 aliphatic rings. The molecule has 0 aliphatic heterocycles. The summed E-state index contributed by atoms with van der Waals surface area (Å²) in [5, 5.41) is 14.7. The monoisotopic (exact) mass is 312 g/mol. The molecule has 0 heterocycles. The molecule has 0 aliphatic carbocycles. The zero-order chi connectivity index (χ0) is 15.8. The number of aliphatic carboxylic acids is 1. The minimum absolute atomic E-state index is 0.162. The molecule has 1 aromatic rings. The van der Waals surface area contributed by atoms with Gasteiger partial charge in [0.2, 0.25) is 0 Å². The van der Waals surface area contributed by atoms with E-state index in [1.165, 1.54) is 0 Å². The molecule has 0 fully saturated rings. The SMILES string of the molecule is Cc1c(Cl)cccc1NC(=O)NCCC(C)CCC(=O)O. The first-order valence-corrected chi connectivity index (χ1v) is 7.29. The minimum atomic E-state index is -0.788. The first-order valence-electron chi connectivity index (χ1n) is 6.92. The molecule has 1 unspecified atom stereocenters. The summed E-state index contributed by atoms with van der Waals surface area (Å²) in [5.41, 5.74) is 1.50. The van der Waals surface area contributed by atoms with Gasteiger partial charge in [-0.2, -0.15) is 0 Å². The van der Waals surface area contributed by atoms with Crippen LogP contribution in [0.1, 0.15) is 31.7 Å². The van der Waals surface area contributed by atoms with Crippen molar-refractivity contribution in [2.45, 2.75) is 33.1 Å². The molecule has 0 saturated heterocycles. The molecule has 2 amide bonds. The number of carboxylic acid groups (broad SMARTS) is 1. The van der Waals surface area contributed by atoms with Crippen molar-refractivity contribution >= 4 is 29.3 Å². The predicted octanol–water partition coefficient (Wildman–Crippen LogP) is 3.66. The molecule has 1 atom stereocenters. The average Bonchev–Trinajstić information content (AvgIpc) is 2.41. The van der Waals surface area contributed by atoms with E-state index >= 15 is 0 Å². The highest BCUT2D eigenvalue weighted by Gasteiger charge is 2.08. The topological polar surface area (TPSA) is 78.4 Å². The molecule has 0 bridgehead atoms. The number of nitrogens with one attached hydrogen (secondary N) is 2. The lowest BCUT2D eigenvalue weighted by Gasteiger charge is -2.13. The van der Waals surface area contributed by atoms with Crippen molar-refractivity contribution in [3.63, 3.8) is 0 Å². The van der Waals surface area contributed by atoms with Gasteiger partial charge in [-0.15, -0.1) is 0 Å². The van der Waals surface area contributed by atoms with Gasteiger partial charge in [0, 0.05) is 23.7 Å². The number of urea groups is 1. The second-order valence-corrected chi connectivity index (χ2v) is 5.53. The zero-order valence-corrected chi connectivity index (χ0v) is 13.0. The lowest BCUT2D eigenvalue weighted by Crippen LogP contribution is -2.30. The fourth-order valence-electron chi connectivity index (χ4n) is 1.86. The summed E-state index contributed by atoms with van der Waals surface area (Å²) in [5.74, 6) is -0.529. The maximum absolute atomic E-state index is 11.8. The van der Waals surface area contributed by atoms with Crippen molar-refractivity contribution in [3.8, 4) is 0 Å². The van der Waals surface area contributed by atoms with Gasteiger partial charge in [0.05, 0.1) is 0 Å². The number of benzene rings is 1. The van der Waals surface area contributed by atoms with Crippen molar-refractivity contribution in [2.24, 2.45) is 5.92 Å². The highest BCUT2D eigenvalue weighted by Crippen LogP contribution is 2.22. The number of hydrogen-bond acceptors (Lipinski definition) is 2. The van der Waals surface area contributed by atoms with E-state index in [9.17, 15) is 9.59 Å². The van der Waals surface area contributed by atoms with Crippen molar-refractivity contribution in [3.05, 3.63) is 28.8 Å². The van der Waals surface area contributed by atoms with Crippen molar-refractivity contribution in [1.82, 2.24) is 5.32 Å². The fourth-order valence-corrected chi connectivity index (χ4v) is 2.03. The molecular formula is C15H21ClN2O3. The van der Waals surface area contributed by atoms with Crippen LogP contribution in [0.15, 0.2) is 18.2 Å². The van der Waals surface area contributed by atoms with Crippen LogP contribution < -0.4 is 10.6 Å². The number of amides is 2. The fraction of sp³-hybridized carbons (Fsp3) is 0.467. The molecule has 5 nitrogen and oxygen atoms in total. The smallest absolute Gasteiger partial charge is 0.319 e. The van der Waals surface area contributed by atoms with Gasteiger partial charge in [0.1, 0.15) is 0 Å². The summed E-state index contributed by atoms with van der Waals surface area (Å²) in [4.78, 5) is 22.2. The van der Waals surface area contributed by atoms with Crippen LogP contribution in [0.4, 0.5) is 10.5 Å². The third-order valence-corrected chi connectivity index (χ3v) is 3.70. The molecule has 3 N–H and O–H groups in total. The van der Waals surface area contributed by atoms with E-state index in [0.29, 0.717) is 23.7 Å². The van der Waals surface area contributed by atoms with E-state index < -0.39 is 5.97 Å². The molecule has 0 saturated carbocycles. The summed E-state index contributed by atoms with van der Waals surface area (Å²) < 4.78 is 0. The summed E-state index contributed by atoms with van der Waals surface area (Å²) in [6.07, 6.45) is 1.52. The molecule has 0 aromatic heterocycles. The van der Waals surface area contributed by atoms with E-state index in [4.69, 9.17) is 16.7 Å². The summed E-state index contributed by atoms with van der Waals surface area (Å²) in [7, 11) is 0. The Labute approximate surface area is 129 Å². The molecular weight excluding hydrogens is 292 g/mol. The predicted molar refractivity (Wildman–Crippen MR) is 83.9 cm³/mol. The summed E-state index contributed by atoms with van der Waals surface area (Å²) in [6.45, 7) is 4.32. The van der Waals surface area contributed by atoms with Gasteiger partial charge >= 0.3 is 12.0 Å². The van der Waals surface area contributed by atoms with Gasteiger partial charge in [-0.25, -0.2) is 4.79 Å². The molecule has 6 heteroatoms. The maximum Gasteiger partial charge on any atom is 0.319 e. The van der Waals surface area contributed by atoms with Crippen LogP contribution in [0.25, 0.3) is 0 Å². The van der Waals surface area contributed by atoms with Crippen molar-refractivity contribution < 1.29 is 14.7 Å². The van der Waals surface area contributed by atoms with E-state index in [-0.39, 0.29) is 18.4 Å². The molecule has 1 aromatic carbocycles. The molecule has 21 heavy (non-hydrogen) atoms. The Morgan fingerprint density at radius 3 is 2.71 bits per heavy atom. The standard InChI is InChI=1S/C15H21ClN2O3/c1-10(6-7-14(19)20)8-9-17-15(21)18-13-5-3-4-12(16)11(13)2/h3-5,10H,6-9H2,1-2H3,(H,19,20)(H2,17,18,21). The third kappa shape index (κ3) is 6.49.